The van der Waals surface area contributed by atoms with Gasteiger partial charge in [0, 0.05) is 55.6 Å². The van der Waals surface area contributed by atoms with E-state index in [4.69, 9.17) is 0 Å². The molecule has 0 unspecified atom stereocenters. The highest BCUT2D eigenvalue weighted by molar-refractivity contribution is 5.76. The van der Waals surface area contributed by atoms with Gasteiger partial charge in [0.2, 0.25) is 5.95 Å². The SMILES string of the molecule is C.C.O=c1ccc2cnc(Nc3ccc(N4CCNCC4)c(F)c3)nc2n1C1Cc2ccccc2C1. The number of hydrogen-bond donors (Lipinski definition) is 2. The highest BCUT2D eigenvalue weighted by atomic mass is 19.1. The van der Waals surface area contributed by atoms with E-state index in [2.05, 4.69) is 32.7 Å². The second kappa shape index (κ2) is 10.5. The van der Waals surface area contributed by atoms with Crippen LogP contribution in [0.5, 0.6) is 0 Å². The normalized spacial score (nSPS) is 15.2. The van der Waals surface area contributed by atoms with Gasteiger partial charge in [0.25, 0.3) is 5.56 Å². The van der Waals surface area contributed by atoms with Crippen LogP contribution in [0.15, 0.2) is 65.6 Å². The van der Waals surface area contributed by atoms with E-state index in [0.717, 1.165) is 44.4 Å². The Morgan fingerprint density at radius 1 is 0.972 bits per heavy atom. The number of nitrogens with one attached hydrogen (secondary N) is 2. The lowest BCUT2D eigenvalue weighted by Gasteiger charge is -2.29. The number of benzene rings is 2. The summed E-state index contributed by atoms with van der Waals surface area (Å²) in [7, 11) is 0. The van der Waals surface area contributed by atoms with Crippen molar-refractivity contribution in [2.75, 3.05) is 36.4 Å². The first-order valence-corrected chi connectivity index (χ1v) is 11.6. The maximum absolute atomic E-state index is 14.9. The smallest absolute Gasteiger partial charge is 0.252 e. The monoisotopic (exact) mass is 488 g/mol. The average molecular weight is 489 g/mol. The van der Waals surface area contributed by atoms with Crippen LogP contribution >= 0.6 is 0 Å². The minimum atomic E-state index is -0.284. The van der Waals surface area contributed by atoms with E-state index in [1.807, 2.05) is 23.1 Å². The fourth-order valence-corrected chi connectivity index (χ4v) is 5.05. The van der Waals surface area contributed by atoms with Gasteiger partial charge in [-0.2, -0.15) is 4.98 Å². The molecule has 1 fully saturated rings. The van der Waals surface area contributed by atoms with Crippen molar-refractivity contribution in [3.05, 3.63) is 88.1 Å². The van der Waals surface area contributed by atoms with Gasteiger partial charge < -0.3 is 15.5 Å². The second-order valence-corrected chi connectivity index (χ2v) is 8.87. The molecular formula is C28H33FN6O. The lowest BCUT2D eigenvalue weighted by atomic mass is 10.1. The van der Waals surface area contributed by atoms with Crippen molar-refractivity contribution in [3.63, 3.8) is 0 Å². The third-order valence-corrected chi connectivity index (χ3v) is 6.72. The van der Waals surface area contributed by atoms with Crippen LogP contribution in [0.2, 0.25) is 0 Å². The van der Waals surface area contributed by atoms with Crippen LogP contribution in [0.25, 0.3) is 11.0 Å². The average Bonchev–Trinajstić information content (AvgIpc) is 3.28. The number of aromatic nitrogens is 3. The summed E-state index contributed by atoms with van der Waals surface area (Å²) in [4.78, 5) is 24.0. The number of halogens is 1. The zero-order valence-electron chi connectivity index (χ0n) is 18.7. The molecule has 2 aromatic carbocycles. The maximum Gasteiger partial charge on any atom is 0.252 e. The lowest BCUT2D eigenvalue weighted by molar-refractivity contribution is 0.526. The molecular weight excluding hydrogens is 455 g/mol. The summed E-state index contributed by atoms with van der Waals surface area (Å²) in [5.41, 5.74) is 4.20. The van der Waals surface area contributed by atoms with Crippen LogP contribution in [0, 0.1) is 5.82 Å². The Morgan fingerprint density at radius 2 is 1.69 bits per heavy atom. The molecule has 0 spiro atoms. The minimum absolute atomic E-state index is 0. The fourth-order valence-electron chi connectivity index (χ4n) is 5.05. The Kier molecular flexibility index (Phi) is 7.35. The molecule has 0 atom stereocenters. The van der Waals surface area contributed by atoms with Gasteiger partial charge in [0.05, 0.1) is 5.69 Å². The van der Waals surface area contributed by atoms with Crippen molar-refractivity contribution in [3.8, 4) is 0 Å². The first-order valence-electron chi connectivity index (χ1n) is 11.6. The van der Waals surface area contributed by atoms with Gasteiger partial charge in [-0.15, -0.1) is 0 Å². The first kappa shape index (κ1) is 25.3. The van der Waals surface area contributed by atoms with Gasteiger partial charge >= 0.3 is 0 Å². The van der Waals surface area contributed by atoms with E-state index < -0.39 is 0 Å². The lowest BCUT2D eigenvalue weighted by Crippen LogP contribution is -2.43. The van der Waals surface area contributed by atoms with Crippen molar-refractivity contribution in [1.29, 1.82) is 0 Å². The Labute approximate surface area is 211 Å². The summed E-state index contributed by atoms with van der Waals surface area (Å²) >= 11 is 0. The summed E-state index contributed by atoms with van der Waals surface area (Å²) in [5.74, 6) is 0.0463. The van der Waals surface area contributed by atoms with Gasteiger partial charge in [-0.25, -0.2) is 9.37 Å². The highest BCUT2D eigenvalue weighted by Gasteiger charge is 2.25. The summed E-state index contributed by atoms with van der Waals surface area (Å²) in [6.45, 7) is 3.25. The molecule has 8 heteroatoms. The van der Waals surface area contributed by atoms with E-state index in [1.165, 1.54) is 17.2 Å². The molecule has 188 valence electrons. The van der Waals surface area contributed by atoms with Crippen molar-refractivity contribution >= 4 is 28.4 Å². The number of piperazine rings is 1. The highest BCUT2D eigenvalue weighted by Crippen LogP contribution is 2.31. The third kappa shape index (κ3) is 4.68. The number of nitrogens with zero attached hydrogens (tertiary/aromatic N) is 4. The summed E-state index contributed by atoms with van der Waals surface area (Å²) in [6.07, 6.45) is 3.29. The van der Waals surface area contributed by atoms with Crippen LogP contribution in [-0.4, -0.2) is 40.7 Å². The maximum atomic E-state index is 14.9. The van der Waals surface area contributed by atoms with E-state index >= 15 is 0 Å². The predicted molar refractivity (Wildman–Crippen MR) is 145 cm³/mol. The molecule has 2 aliphatic rings. The topological polar surface area (TPSA) is 75.1 Å². The number of fused-ring (bicyclic) bond motifs is 2. The molecule has 1 saturated heterocycles. The second-order valence-electron chi connectivity index (χ2n) is 8.87. The largest absolute Gasteiger partial charge is 0.367 e. The van der Waals surface area contributed by atoms with Crippen LogP contribution in [0.1, 0.15) is 32.0 Å². The molecule has 0 saturated carbocycles. The quantitative estimate of drug-likeness (QED) is 0.434. The Hall–Kier alpha value is -3.78. The fraction of sp³-hybridized carbons (Fsp3) is 0.321. The molecule has 0 radical (unpaired) electrons. The number of rotatable bonds is 4. The molecule has 0 amide bonds. The van der Waals surface area contributed by atoms with Crippen molar-refractivity contribution in [2.45, 2.75) is 33.7 Å². The molecule has 7 nitrogen and oxygen atoms in total. The third-order valence-electron chi connectivity index (χ3n) is 6.72. The van der Waals surface area contributed by atoms with Crippen LogP contribution in [0.4, 0.5) is 21.7 Å². The molecule has 4 aromatic rings. The zero-order valence-corrected chi connectivity index (χ0v) is 18.7. The molecule has 2 aromatic heterocycles. The molecule has 1 aliphatic carbocycles. The molecule has 6 rings (SSSR count). The van der Waals surface area contributed by atoms with Gasteiger partial charge in [0.15, 0.2) is 0 Å². The molecule has 1 aliphatic heterocycles. The number of hydrogen-bond acceptors (Lipinski definition) is 6. The van der Waals surface area contributed by atoms with Crippen LogP contribution < -0.4 is 21.1 Å². The molecule has 36 heavy (non-hydrogen) atoms. The summed E-state index contributed by atoms with van der Waals surface area (Å²) < 4.78 is 16.6. The summed E-state index contributed by atoms with van der Waals surface area (Å²) in [5, 5.41) is 7.19. The number of anilines is 3. The Bertz CT molecular complexity index is 1400. The standard InChI is InChI=1S/C26H25FN6O.2CH4/c27-22-15-20(6-7-23(22)32-11-9-28-10-12-32)30-26-29-16-19-5-8-24(34)33(25(19)31-26)21-13-17-3-1-2-4-18(17)14-21;;/h1-8,15-16,21,28H,9-14H2,(H,29,30,31);2*1H4. The summed E-state index contributed by atoms with van der Waals surface area (Å²) in [6, 6.07) is 16.7. The van der Waals surface area contributed by atoms with Crippen molar-refractivity contribution < 1.29 is 4.39 Å². The molecule has 2 N–H and O–H groups in total. The van der Waals surface area contributed by atoms with Crippen molar-refractivity contribution in [2.24, 2.45) is 0 Å². The van der Waals surface area contributed by atoms with Crippen LogP contribution in [0.3, 0.4) is 0 Å². The Morgan fingerprint density at radius 3 is 2.39 bits per heavy atom. The van der Waals surface area contributed by atoms with E-state index in [0.29, 0.717) is 23.0 Å². The van der Waals surface area contributed by atoms with Gasteiger partial charge in [-0.1, -0.05) is 39.1 Å². The van der Waals surface area contributed by atoms with E-state index in [9.17, 15) is 9.18 Å². The van der Waals surface area contributed by atoms with Gasteiger partial charge in [-0.3, -0.25) is 9.36 Å². The van der Waals surface area contributed by atoms with Crippen molar-refractivity contribution in [1.82, 2.24) is 19.9 Å². The van der Waals surface area contributed by atoms with E-state index in [-0.39, 0.29) is 32.3 Å². The first-order chi connectivity index (χ1) is 16.7. The Balaban J connectivity index is 0.00000152. The van der Waals surface area contributed by atoms with Gasteiger partial charge in [-0.05, 0) is 48.2 Å². The number of pyridine rings is 1. The van der Waals surface area contributed by atoms with E-state index in [1.54, 1.807) is 29.0 Å². The predicted octanol–water partition coefficient (Wildman–Crippen LogP) is 4.70. The molecule has 0 bridgehead atoms. The van der Waals surface area contributed by atoms with Gasteiger partial charge in [0.1, 0.15) is 11.5 Å². The van der Waals surface area contributed by atoms with Crippen LogP contribution in [-0.2, 0) is 12.8 Å². The zero-order chi connectivity index (χ0) is 23.1. The molecule has 3 heterocycles. The minimum Gasteiger partial charge on any atom is -0.367 e.